The Morgan fingerprint density at radius 2 is 1.65 bits per heavy atom. The Balaban J connectivity index is 2.04. The van der Waals surface area contributed by atoms with Crippen molar-refractivity contribution in [2.45, 2.75) is 62.0 Å². The summed E-state index contributed by atoms with van der Waals surface area (Å²) in [4.78, 5) is 1.29. The second-order valence-corrected chi connectivity index (χ2v) is 8.27. The van der Waals surface area contributed by atoms with Crippen LogP contribution in [0, 0.1) is 5.41 Å². The van der Waals surface area contributed by atoms with Crippen LogP contribution in [0.25, 0.3) is 0 Å². The highest BCUT2D eigenvalue weighted by molar-refractivity contribution is 8.00. The standard InChI is InChI=1S/C17H26ClNS/c1-3-9-16(10-4-2)11-17(12-16,13-19)20-15-7-5-14(18)6-8-15/h5-8H,3-4,9-13,19H2,1-2H3. The molecule has 0 heterocycles. The highest BCUT2D eigenvalue weighted by atomic mass is 35.5. The molecule has 0 radical (unpaired) electrons. The van der Waals surface area contributed by atoms with E-state index < -0.39 is 0 Å². The Labute approximate surface area is 132 Å². The van der Waals surface area contributed by atoms with E-state index in [1.165, 1.54) is 43.4 Å². The average Bonchev–Trinajstić information content (AvgIpc) is 2.40. The first-order valence-electron chi connectivity index (χ1n) is 7.72. The minimum absolute atomic E-state index is 0.248. The van der Waals surface area contributed by atoms with E-state index in [4.69, 9.17) is 17.3 Å². The maximum absolute atomic E-state index is 6.11. The zero-order valence-electron chi connectivity index (χ0n) is 12.6. The number of hydrogen-bond donors (Lipinski definition) is 1. The van der Waals surface area contributed by atoms with Crippen molar-refractivity contribution in [3.05, 3.63) is 29.3 Å². The molecule has 0 saturated heterocycles. The molecule has 3 heteroatoms. The lowest BCUT2D eigenvalue weighted by molar-refractivity contribution is 0.0614. The van der Waals surface area contributed by atoms with Gasteiger partial charge in [0.05, 0.1) is 0 Å². The van der Waals surface area contributed by atoms with Gasteiger partial charge in [-0.15, -0.1) is 11.8 Å². The van der Waals surface area contributed by atoms with Crippen molar-refractivity contribution in [3.8, 4) is 0 Å². The Morgan fingerprint density at radius 3 is 2.10 bits per heavy atom. The van der Waals surface area contributed by atoms with Crippen molar-refractivity contribution in [1.29, 1.82) is 0 Å². The highest BCUT2D eigenvalue weighted by Gasteiger charge is 2.52. The molecule has 2 rings (SSSR count). The summed E-state index contributed by atoms with van der Waals surface area (Å²) < 4.78 is 0.248. The van der Waals surface area contributed by atoms with Gasteiger partial charge >= 0.3 is 0 Å². The van der Waals surface area contributed by atoms with Crippen LogP contribution in [0.3, 0.4) is 0 Å². The fourth-order valence-electron chi connectivity index (χ4n) is 3.87. The van der Waals surface area contributed by atoms with Crippen LogP contribution in [-0.2, 0) is 0 Å². The second-order valence-electron chi connectivity index (χ2n) is 6.30. The summed E-state index contributed by atoms with van der Waals surface area (Å²) in [5, 5.41) is 0.802. The molecule has 0 amide bonds. The van der Waals surface area contributed by atoms with Crippen LogP contribution in [0.4, 0.5) is 0 Å². The summed E-state index contributed by atoms with van der Waals surface area (Å²) in [7, 11) is 0. The third kappa shape index (κ3) is 3.52. The topological polar surface area (TPSA) is 26.0 Å². The van der Waals surface area contributed by atoms with Crippen LogP contribution in [0.2, 0.25) is 5.02 Å². The van der Waals surface area contributed by atoms with Gasteiger partial charge in [0.15, 0.2) is 0 Å². The Kier molecular flexibility index (Phi) is 5.44. The molecular formula is C17H26ClNS. The van der Waals surface area contributed by atoms with E-state index in [-0.39, 0.29) is 4.75 Å². The van der Waals surface area contributed by atoms with E-state index in [1.54, 1.807) is 0 Å². The van der Waals surface area contributed by atoms with Crippen LogP contribution >= 0.6 is 23.4 Å². The van der Waals surface area contributed by atoms with E-state index in [9.17, 15) is 0 Å². The Morgan fingerprint density at radius 1 is 1.10 bits per heavy atom. The smallest absolute Gasteiger partial charge is 0.0406 e. The minimum Gasteiger partial charge on any atom is -0.329 e. The molecule has 1 saturated carbocycles. The van der Waals surface area contributed by atoms with E-state index >= 15 is 0 Å². The van der Waals surface area contributed by atoms with Gasteiger partial charge in [-0.2, -0.15) is 0 Å². The number of thioether (sulfide) groups is 1. The summed E-state index contributed by atoms with van der Waals surface area (Å²) >= 11 is 7.92. The molecule has 112 valence electrons. The van der Waals surface area contributed by atoms with Crippen LogP contribution in [0.5, 0.6) is 0 Å². The zero-order chi connectivity index (χ0) is 14.6. The maximum Gasteiger partial charge on any atom is 0.0406 e. The predicted octanol–water partition coefficient (Wildman–Crippen LogP) is 5.51. The van der Waals surface area contributed by atoms with Crippen LogP contribution in [0.15, 0.2) is 29.2 Å². The molecule has 20 heavy (non-hydrogen) atoms. The highest BCUT2D eigenvalue weighted by Crippen LogP contribution is 2.61. The van der Waals surface area contributed by atoms with E-state index in [2.05, 4.69) is 26.0 Å². The average molecular weight is 312 g/mol. The monoisotopic (exact) mass is 311 g/mol. The molecule has 1 aromatic carbocycles. The van der Waals surface area contributed by atoms with Gasteiger partial charge in [0.1, 0.15) is 0 Å². The first-order valence-corrected chi connectivity index (χ1v) is 8.91. The van der Waals surface area contributed by atoms with E-state index in [0.717, 1.165) is 11.6 Å². The Hall–Kier alpha value is -0.180. The van der Waals surface area contributed by atoms with Crippen molar-refractivity contribution in [2.24, 2.45) is 11.1 Å². The summed E-state index contributed by atoms with van der Waals surface area (Å²) in [5.41, 5.74) is 6.67. The summed E-state index contributed by atoms with van der Waals surface area (Å²) in [5.74, 6) is 0. The van der Waals surface area contributed by atoms with Crippen LogP contribution in [0.1, 0.15) is 52.4 Å². The number of hydrogen-bond acceptors (Lipinski definition) is 2. The van der Waals surface area contributed by atoms with E-state index in [0.29, 0.717) is 5.41 Å². The normalized spacial score (nSPS) is 19.6. The minimum atomic E-state index is 0.248. The summed E-state index contributed by atoms with van der Waals surface area (Å²) in [6.07, 6.45) is 7.81. The fraction of sp³-hybridized carbons (Fsp3) is 0.647. The van der Waals surface area contributed by atoms with Gasteiger partial charge in [-0.1, -0.05) is 38.3 Å². The summed E-state index contributed by atoms with van der Waals surface area (Å²) in [6, 6.07) is 8.17. The fourth-order valence-corrected chi connectivity index (χ4v) is 5.60. The molecule has 0 aromatic heterocycles. The molecule has 0 unspecified atom stereocenters. The largest absolute Gasteiger partial charge is 0.329 e. The van der Waals surface area contributed by atoms with Gasteiger partial charge in [-0.05, 0) is 55.4 Å². The number of benzene rings is 1. The molecule has 1 aliphatic carbocycles. The predicted molar refractivity (Wildman–Crippen MR) is 90.6 cm³/mol. The van der Waals surface area contributed by atoms with Crippen LogP contribution in [-0.4, -0.2) is 11.3 Å². The van der Waals surface area contributed by atoms with Crippen molar-refractivity contribution >= 4 is 23.4 Å². The molecule has 2 N–H and O–H groups in total. The number of halogens is 1. The second kappa shape index (κ2) is 6.72. The van der Waals surface area contributed by atoms with Crippen molar-refractivity contribution < 1.29 is 0 Å². The van der Waals surface area contributed by atoms with Gasteiger partial charge in [0, 0.05) is 21.2 Å². The van der Waals surface area contributed by atoms with Gasteiger partial charge in [-0.25, -0.2) is 0 Å². The lowest BCUT2D eigenvalue weighted by Gasteiger charge is -2.56. The third-order valence-corrected chi connectivity index (χ3v) is 6.12. The molecule has 0 bridgehead atoms. The first kappa shape index (κ1) is 16.2. The molecule has 0 spiro atoms. The quantitative estimate of drug-likeness (QED) is 0.718. The van der Waals surface area contributed by atoms with Crippen molar-refractivity contribution in [3.63, 3.8) is 0 Å². The van der Waals surface area contributed by atoms with Gasteiger partial charge in [0.25, 0.3) is 0 Å². The molecule has 1 fully saturated rings. The molecule has 1 nitrogen and oxygen atoms in total. The third-order valence-electron chi connectivity index (χ3n) is 4.48. The van der Waals surface area contributed by atoms with Crippen molar-refractivity contribution in [1.82, 2.24) is 0 Å². The van der Waals surface area contributed by atoms with Gasteiger partial charge in [0.2, 0.25) is 0 Å². The maximum atomic E-state index is 6.11. The molecule has 1 aliphatic rings. The number of rotatable bonds is 7. The van der Waals surface area contributed by atoms with Gasteiger partial charge in [-0.3, -0.25) is 0 Å². The van der Waals surface area contributed by atoms with Gasteiger partial charge < -0.3 is 5.73 Å². The molecule has 0 aliphatic heterocycles. The molecular weight excluding hydrogens is 286 g/mol. The summed E-state index contributed by atoms with van der Waals surface area (Å²) in [6.45, 7) is 5.37. The van der Waals surface area contributed by atoms with E-state index in [1.807, 2.05) is 23.9 Å². The Bertz CT molecular complexity index is 415. The first-order chi connectivity index (χ1) is 9.57. The lowest BCUT2D eigenvalue weighted by Crippen LogP contribution is -2.53. The molecule has 0 atom stereocenters. The SMILES string of the molecule is CCCC1(CCC)CC(CN)(Sc2ccc(Cl)cc2)C1. The van der Waals surface area contributed by atoms with Crippen molar-refractivity contribution in [2.75, 3.05) is 6.54 Å². The number of nitrogens with two attached hydrogens (primary N) is 1. The van der Waals surface area contributed by atoms with Crippen LogP contribution < -0.4 is 5.73 Å². The zero-order valence-corrected chi connectivity index (χ0v) is 14.2. The molecule has 1 aromatic rings. The lowest BCUT2D eigenvalue weighted by atomic mass is 9.57.